The van der Waals surface area contributed by atoms with Crippen LogP contribution in [-0.4, -0.2) is 42.2 Å². The summed E-state index contributed by atoms with van der Waals surface area (Å²) in [6.07, 6.45) is -16.0. The Hall–Kier alpha value is -3.70. The summed E-state index contributed by atoms with van der Waals surface area (Å²) in [5.74, 6) is -1.08. The number of rotatable bonds is 4. The number of anilines is 3. The van der Waals surface area contributed by atoms with Gasteiger partial charge in [0, 0.05) is 11.4 Å². The molecule has 1 aliphatic heterocycles. The maximum atomic E-state index is 13.6. The lowest BCUT2D eigenvalue weighted by Gasteiger charge is -2.27. The Balaban J connectivity index is 1.87. The fourth-order valence-electron chi connectivity index (χ4n) is 3.26. The first-order valence-electron chi connectivity index (χ1n) is 9.41. The summed E-state index contributed by atoms with van der Waals surface area (Å²) in [6, 6.07) is 6.89. The van der Waals surface area contributed by atoms with Crippen molar-refractivity contribution < 1.29 is 45.8 Å². The molecule has 1 saturated heterocycles. The predicted octanol–water partition coefficient (Wildman–Crippen LogP) is 5.05. The molecule has 0 radical (unpaired) electrons. The van der Waals surface area contributed by atoms with Gasteiger partial charge in [0.1, 0.15) is 0 Å². The van der Waals surface area contributed by atoms with Gasteiger partial charge >= 0.3 is 18.4 Å². The Morgan fingerprint density at radius 2 is 1.80 bits per heavy atom. The summed E-state index contributed by atoms with van der Waals surface area (Å²) in [5, 5.41) is 21.7. The van der Waals surface area contributed by atoms with Gasteiger partial charge in [0.15, 0.2) is 6.10 Å². The van der Waals surface area contributed by atoms with Crippen molar-refractivity contribution in [1.29, 1.82) is 5.26 Å². The Morgan fingerprint density at radius 3 is 2.34 bits per heavy atom. The minimum atomic E-state index is -5.08. The number of alkyl halides is 6. The van der Waals surface area contributed by atoms with Crippen LogP contribution in [0.3, 0.4) is 0 Å². The molecule has 1 heterocycles. The average Bonchev–Trinajstić information content (AvgIpc) is 3.20. The summed E-state index contributed by atoms with van der Waals surface area (Å²) in [7, 11) is 0. The standard InChI is InChI=1S/C20H13ClF6N4O4/c21-13-5-10(29-18(33)34)2-4-14(13)30-16(32)15-8-31(17(35-15)20(25,26)27)11-3-1-9(7-28)12(6-11)19(22,23)24/h1-6,15,17,29H,8H2,(H,30,32)(H,33,34)/t15-,17+/m0/s1. The van der Waals surface area contributed by atoms with Crippen molar-refractivity contribution in [3.05, 3.63) is 52.5 Å². The van der Waals surface area contributed by atoms with Gasteiger partial charge in [0.05, 0.1) is 34.5 Å². The van der Waals surface area contributed by atoms with Crippen LogP contribution in [-0.2, 0) is 15.7 Å². The van der Waals surface area contributed by atoms with Gasteiger partial charge in [-0.1, -0.05) is 11.6 Å². The van der Waals surface area contributed by atoms with E-state index in [4.69, 9.17) is 26.7 Å². The van der Waals surface area contributed by atoms with Crippen LogP contribution in [0.5, 0.6) is 0 Å². The zero-order valence-corrected chi connectivity index (χ0v) is 17.8. The third-order valence-electron chi connectivity index (χ3n) is 4.75. The Bertz CT molecular complexity index is 1200. The first-order chi connectivity index (χ1) is 16.2. The molecule has 0 unspecified atom stereocenters. The first-order valence-corrected chi connectivity index (χ1v) is 9.79. The molecule has 0 bridgehead atoms. The van der Waals surface area contributed by atoms with Crippen molar-refractivity contribution in [2.75, 3.05) is 22.1 Å². The van der Waals surface area contributed by atoms with Gasteiger partial charge in [-0.15, -0.1) is 0 Å². The molecule has 0 saturated carbocycles. The number of hydrogen-bond donors (Lipinski definition) is 3. The number of nitriles is 1. The number of carboxylic acid groups (broad SMARTS) is 1. The highest BCUT2D eigenvalue weighted by Crippen LogP contribution is 2.39. The van der Waals surface area contributed by atoms with E-state index in [2.05, 4.69) is 5.32 Å². The second-order valence-electron chi connectivity index (χ2n) is 7.12. The molecule has 3 N–H and O–H groups in total. The van der Waals surface area contributed by atoms with Crippen molar-refractivity contribution >= 4 is 40.7 Å². The lowest BCUT2D eigenvalue weighted by molar-refractivity contribution is -0.212. The smallest absolute Gasteiger partial charge is 0.433 e. The van der Waals surface area contributed by atoms with E-state index in [1.54, 1.807) is 0 Å². The SMILES string of the molecule is N#Cc1ccc(N2C[C@@H](C(=O)Nc3ccc(NC(=O)O)cc3Cl)O[C@@H]2C(F)(F)F)cc1C(F)(F)F. The highest BCUT2D eigenvalue weighted by atomic mass is 35.5. The highest BCUT2D eigenvalue weighted by Gasteiger charge is 2.52. The minimum absolute atomic E-state index is 0.0576. The van der Waals surface area contributed by atoms with Gasteiger partial charge in [-0.25, -0.2) is 4.79 Å². The van der Waals surface area contributed by atoms with Crippen molar-refractivity contribution in [2.24, 2.45) is 0 Å². The third-order valence-corrected chi connectivity index (χ3v) is 5.06. The molecular formula is C20H13ClF6N4O4. The van der Waals surface area contributed by atoms with Crippen molar-refractivity contribution in [3.63, 3.8) is 0 Å². The van der Waals surface area contributed by atoms with E-state index in [0.29, 0.717) is 11.0 Å². The van der Waals surface area contributed by atoms with Gasteiger partial charge < -0.3 is 20.1 Å². The molecule has 3 rings (SSSR count). The normalized spacial score (nSPS) is 18.2. The minimum Gasteiger partial charge on any atom is -0.465 e. The second kappa shape index (κ2) is 9.51. The van der Waals surface area contributed by atoms with Gasteiger partial charge in [-0.3, -0.25) is 10.1 Å². The van der Waals surface area contributed by atoms with E-state index >= 15 is 0 Å². The number of nitrogens with one attached hydrogen (secondary N) is 2. The van der Waals surface area contributed by atoms with Gasteiger partial charge in [-0.2, -0.15) is 31.6 Å². The zero-order valence-electron chi connectivity index (χ0n) is 17.0. The molecule has 2 amide bonds. The van der Waals surface area contributed by atoms with E-state index in [-0.39, 0.29) is 16.4 Å². The summed E-state index contributed by atoms with van der Waals surface area (Å²) in [6.45, 7) is -0.768. The number of carbonyl (C=O) groups is 2. The second-order valence-corrected chi connectivity index (χ2v) is 7.53. The number of amides is 2. The molecule has 0 spiro atoms. The number of carbonyl (C=O) groups excluding carboxylic acids is 1. The van der Waals surface area contributed by atoms with Crippen molar-refractivity contribution in [3.8, 4) is 6.07 Å². The van der Waals surface area contributed by atoms with E-state index in [0.717, 1.165) is 18.2 Å². The Labute approximate surface area is 197 Å². The summed E-state index contributed by atoms with van der Waals surface area (Å²) >= 11 is 5.97. The third kappa shape index (κ3) is 5.87. The van der Waals surface area contributed by atoms with Crippen LogP contribution in [0.2, 0.25) is 5.02 Å². The average molecular weight is 523 g/mol. The van der Waals surface area contributed by atoms with Crippen LogP contribution in [0.4, 0.5) is 48.2 Å². The van der Waals surface area contributed by atoms with Crippen LogP contribution in [0.25, 0.3) is 0 Å². The fourth-order valence-corrected chi connectivity index (χ4v) is 3.49. The van der Waals surface area contributed by atoms with E-state index in [1.165, 1.54) is 18.2 Å². The van der Waals surface area contributed by atoms with Crippen LogP contribution >= 0.6 is 11.6 Å². The molecule has 1 fully saturated rings. The number of benzene rings is 2. The van der Waals surface area contributed by atoms with Crippen molar-refractivity contribution in [1.82, 2.24) is 0 Å². The summed E-state index contributed by atoms with van der Waals surface area (Å²) in [5.41, 5.74) is -2.79. The zero-order chi connectivity index (χ0) is 26.1. The van der Waals surface area contributed by atoms with E-state index in [9.17, 15) is 35.9 Å². The van der Waals surface area contributed by atoms with E-state index < -0.39 is 60.0 Å². The van der Waals surface area contributed by atoms with Crippen LogP contribution in [0, 0.1) is 11.3 Å². The Morgan fingerprint density at radius 1 is 1.11 bits per heavy atom. The molecule has 2 atom stereocenters. The van der Waals surface area contributed by atoms with Gasteiger partial charge in [0.2, 0.25) is 6.23 Å². The molecule has 2 aromatic carbocycles. The molecule has 0 aromatic heterocycles. The lowest BCUT2D eigenvalue weighted by Crippen LogP contribution is -2.42. The molecule has 8 nitrogen and oxygen atoms in total. The maximum absolute atomic E-state index is 13.6. The molecule has 15 heteroatoms. The quantitative estimate of drug-likeness (QED) is 0.484. The molecule has 186 valence electrons. The lowest BCUT2D eigenvalue weighted by atomic mass is 10.1. The number of nitrogens with zero attached hydrogens (tertiary/aromatic N) is 2. The Kier molecular flexibility index (Phi) is 7.04. The van der Waals surface area contributed by atoms with E-state index in [1.807, 2.05) is 5.32 Å². The maximum Gasteiger partial charge on any atom is 0.433 e. The topological polar surface area (TPSA) is 115 Å². The van der Waals surface area contributed by atoms with Crippen LogP contribution < -0.4 is 15.5 Å². The summed E-state index contributed by atoms with van der Waals surface area (Å²) < 4.78 is 85.5. The first kappa shape index (κ1) is 25.9. The van der Waals surface area contributed by atoms with Crippen LogP contribution in [0.15, 0.2) is 36.4 Å². The number of hydrogen-bond acceptors (Lipinski definition) is 5. The number of halogens is 7. The van der Waals surface area contributed by atoms with Gasteiger partial charge in [-0.05, 0) is 36.4 Å². The predicted molar refractivity (Wildman–Crippen MR) is 110 cm³/mol. The largest absolute Gasteiger partial charge is 0.465 e. The van der Waals surface area contributed by atoms with Crippen LogP contribution in [0.1, 0.15) is 11.1 Å². The highest BCUT2D eigenvalue weighted by molar-refractivity contribution is 6.34. The molecule has 2 aromatic rings. The van der Waals surface area contributed by atoms with Crippen molar-refractivity contribution in [2.45, 2.75) is 24.7 Å². The number of ether oxygens (including phenoxy) is 1. The monoisotopic (exact) mass is 522 g/mol. The molecular weight excluding hydrogens is 510 g/mol. The fraction of sp³-hybridized carbons (Fsp3) is 0.250. The molecule has 1 aliphatic rings. The summed E-state index contributed by atoms with van der Waals surface area (Å²) in [4.78, 5) is 23.7. The molecule has 0 aliphatic carbocycles. The molecule has 35 heavy (non-hydrogen) atoms. The van der Waals surface area contributed by atoms with Gasteiger partial charge in [0.25, 0.3) is 5.91 Å².